The topological polar surface area (TPSA) is 76.7 Å². The summed E-state index contributed by atoms with van der Waals surface area (Å²) in [5.41, 5.74) is 1.98. The minimum atomic E-state index is -0.768. The van der Waals surface area contributed by atoms with Gasteiger partial charge in [0.25, 0.3) is 5.91 Å². The maximum atomic E-state index is 13.2. The number of fused-ring (bicyclic) bond motifs is 1. The Morgan fingerprint density at radius 3 is 2.19 bits per heavy atom. The Labute approximate surface area is 188 Å². The maximum Gasteiger partial charge on any atom is 0.251 e. The molecule has 1 unspecified atom stereocenters. The number of amides is 2. The first kappa shape index (κ1) is 20.9. The highest BCUT2D eigenvalue weighted by atomic mass is 79.9. The van der Waals surface area contributed by atoms with E-state index >= 15 is 0 Å². The van der Waals surface area contributed by atoms with Crippen LogP contribution in [-0.2, 0) is 11.2 Å². The predicted molar refractivity (Wildman–Crippen MR) is 122 cm³/mol. The summed E-state index contributed by atoms with van der Waals surface area (Å²) in [5, 5.41) is 5.76. The summed E-state index contributed by atoms with van der Waals surface area (Å²) >= 11 is 3.47. The molecule has 3 aromatic rings. The van der Waals surface area contributed by atoms with Gasteiger partial charge in [0.2, 0.25) is 5.91 Å². The summed E-state index contributed by atoms with van der Waals surface area (Å²) in [6.07, 6.45) is 0.355. The lowest BCUT2D eigenvalue weighted by molar-refractivity contribution is -0.118. The SMILES string of the molecule is O=C(NC(Cc1ccccc1)C(=O)Nc1cc2c(cc1Br)OCCO2)c1ccccc1. The minimum Gasteiger partial charge on any atom is -0.486 e. The number of hydrogen-bond donors (Lipinski definition) is 2. The van der Waals surface area contributed by atoms with Gasteiger partial charge in [0.05, 0.1) is 5.69 Å². The van der Waals surface area contributed by atoms with E-state index in [2.05, 4.69) is 26.6 Å². The lowest BCUT2D eigenvalue weighted by Crippen LogP contribution is -2.45. The van der Waals surface area contributed by atoms with Gasteiger partial charge in [-0.05, 0) is 33.6 Å². The van der Waals surface area contributed by atoms with Gasteiger partial charge in [-0.1, -0.05) is 48.5 Å². The Morgan fingerprint density at radius 1 is 0.903 bits per heavy atom. The molecule has 2 amide bonds. The van der Waals surface area contributed by atoms with Crippen LogP contribution in [0.3, 0.4) is 0 Å². The molecule has 0 spiro atoms. The van der Waals surface area contributed by atoms with E-state index in [1.54, 1.807) is 36.4 Å². The van der Waals surface area contributed by atoms with Crippen LogP contribution in [0, 0.1) is 0 Å². The van der Waals surface area contributed by atoms with Crippen molar-refractivity contribution in [3.8, 4) is 11.5 Å². The third-order valence-electron chi connectivity index (χ3n) is 4.83. The van der Waals surface area contributed by atoms with Crippen LogP contribution in [0.2, 0.25) is 0 Å². The molecule has 1 aliphatic heterocycles. The zero-order valence-electron chi connectivity index (χ0n) is 16.6. The molecular formula is C24H21BrN2O4. The van der Waals surface area contributed by atoms with Gasteiger partial charge in [0.15, 0.2) is 11.5 Å². The number of benzene rings is 3. The smallest absolute Gasteiger partial charge is 0.251 e. The predicted octanol–water partition coefficient (Wildman–Crippen LogP) is 4.20. The van der Waals surface area contributed by atoms with Crippen LogP contribution >= 0.6 is 15.9 Å². The highest BCUT2D eigenvalue weighted by Gasteiger charge is 2.24. The van der Waals surface area contributed by atoms with Gasteiger partial charge in [-0.15, -0.1) is 0 Å². The molecule has 3 aromatic carbocycles. The number of carbonyl (C=O) groups is 2. The van der Waals surface area contributed by atoms with E-state index in [1.165, 1.54) is 0 Å². The van der Waals surface area contributed by atoms with Crippen LogP contribution in [0.1, 0.15) is 15.9 Å². The van der Waals surface area contributed by atoms with E-state index in [0.29, 0.717) is 46.9 Å². The fourth-order valence-electron chi connectivity index (χ4n) is 3.27. The Bertz CT molecular complexity index is 1070. The largest absolute Gasteiger partial charge is 0.486 e. The standard InChI is InChI=1S/C24H21BrN2O4/c25-18-14-21-22(31-12-11-30-21)15-19(18)26-24(29)20(13-16-7-3-1-4-8-16)27-23(28)17-9-5-2-6-10-17/h1-10,14-15,20H,11-13H2,(H,26,29)(H,27,28). The normalized spacial score (nSPS) is 13.2. The Hall–Kier alpha value is -3.32. The van der Waals surface area contributed by atoms with Crippen molar-refractivity contribution in [1.29, 1.82) is 0 Å². The molecule has 0 fully saturated rings. The average Bonchev–Trinajstić information content (AvgIpc) is 2.80. The highest BCUT2D eigenvalue weighted by molar-refractivity contribution is 9.10. The van der Waals surface area contributed by atoms with Crippen molar-refractivity contribution >= 4 is 33.4 Å². The summed E-state index contributed by atoms with van der Waals surface area (Å²) in [6.45, 7) is 0.932. The highest BCUT2D eigenvalue weighted by Crippen LogP contribution is 2.38. The van der Waals surface area contributed by atoms with Crippen LogP contribution in [-0.4, -0.2) is 31.1 Å². The van der Waals surface area contributed by atoms with Gasteiger partial charge in [0.1, 0.15) is 19.3 Å². The fraction of sp³-hybridized carbons (Fsp3) is 0.167. The number of ether oxygens (including phenoxy) is 2. The molecule has 0 radical (unpaired) electrons. The number of carbonyl (C=O) groups excluding carboxylic acids is 2. The minimum absolute atomic E-state index is 0.307. The lowest BCUT2D eigenvalue weighted by atomic mass is 10.0. The van der Waals surface area contributed by atoms with Gasteiger partial charge in [-0.3, -0.25) is 9.59 Å². The summed E-state index contributed by atoms with van der Waals surface area (Å²) < 4.78 is 11.8. The van der Waals surface area contributed by atoms with Crippen LogP contribution in [0.15, 0.2) is 77.3 Å². The molecule has 4 rings (SSSR count). The Morgan fingerprint density at radius 2 is 1.52 bits per heavy atom. The monoisotopic (exact) mass is 480 g/mol. The van der Waals surface area contributed by atoms with Gasteiger partial charge in [0, 0.05) is 28.6 Å². The number of rotatable bonds is 6. The zero-order valence-corrected chi connectivity index (χ0v) is 18.2. The molecule has 0 aromatic heterocycles. The van der Waals surface area contributed by atoms with Crippen molar-refractivity contribution in [3.63, 3.8) is 0 Å². The second-order valence-corrected chi connectivity index (χ2v) is 7.90. The van der Waals surface area contributed by atoms with Crippen molar-refractivity contribution in [2.45, 2.75) is 12.5 Å². The molecule has 2 N–H and O–H groups in total. The average molecular weight is 481 g/mol. The van der Waals surface area contributed by atoms with Crippen LogP contribution in [0.25, 0.3) is 0 Å². The molecule has 0 bridgehead atoms. The Kier molecular flexibility index (Phi) is 6.52. The van der Waals surface area contributed by atoms with Gasteiger partial charge < -0.3 is 20.1 Å². The number of nitrogens with one attached hydrogen (secondary N) is 2. The van der Waals surface area contributed by atoms with E-state index in [1.807, 2.05) is 36.4 Å². The van der Waals surface area contributed by atoms with Crippen LogP contribution < -0.4 is 20.1 Å². The van der Waals surface area contributed by atoms with Crippen molar-refractivity contribution in [3.05, 3.63) is 88.4 Å². The van der Waals surface area contributed by atoms with E-state index in [9.17, 15) is 9.59 Å². The molecule has 7 heteroatoms. The second kappa shape index (κ2) is 9.66. The maximum absolute atomic E-state index is 13.2. The summed E-state index contributed by atoms with van der Waals surface area (Å²) in [6, 6.07) is 21.1. The summed E-state index contributed by atoms with van der Waals surface area (Å²) in [4.78, 5) is 25.9. The van der Waals surface area contributed by atoms with Gasteiger partial charge in [-0.25, -0.2) is 0 Å². The molecule has 158 valence electrons. The molecule has 31 heavy (non-hydrogen) atoms. The fourth-order valence-corrected chi connectivity index (χ4v) is 3.69. The zero-order chi connectivity index (χ0) is 21.6. The van der Waals surface area contributed by atoms with Crippen molar-refractivity contribution in [2.24, 2.45) is 0 Å². The first-order valence-corrected chi connectivity index (χ1v) is 10.7. The molecule has 0 aliphatic carbocycles. The molecule has 1 heterocycles. The number of anilines is 1. The molecule has 6 nitrogen and oxygen atoms in total. The number of hydrogen-bond acceptors (Lipinski definition) is 4. The quantitative estimate of drug-likeness (QED) is 0.554. The first-order valence-electron chi connectivity index (χ1n) is 9.90. The molecule has 0 saturated carbocycles. The third-order valence-corrected chi connectivity index (χ3v) is 5.49. The summed E-state index contributed by atoms with van der Waals surface area (Å²) in [7, 11) is 0. The molecular weight excluding hydrogens is 460 g/mol. The van der Waals surface area contributed by atoms with E-state index in [4.69, 9.17) is 9.47 Å². The summed E-state index contributed by atoms with van der Waals surface area (Å²) in [5.74, 6) is 0.551. The molecule has 1 atom stereocenters. The van der Waals surface area contributed by atoms with Crippen molar-refractivity contribution < 1.29 is 19.1 Å². The van der Waals surface area contributed by atoms with Gasteiger partial charge >= 0.3 is 0 Å². The first-order chi connectivity index (χ1) is 15.1. The van der Waals surface area contributed by atoms with Crippen molar-refractivity contribution in [1.82, 2.24) is 5.32 Å². The van der Waals surface area contributed by atoms with Crippen LogP contribution in [0.4, 0.5) is 5.69 Å². The van der Waals surface area contributed by atoms with Gasteiger partial charge in [-0.2, -0.15) is 0 Å². The van der Waals surface area contributed by atoms with Crippen LogP contribution in [0.5, 0.6) is 11.5 Å². The van der Waals surface area contributed by atoms with Crippen molar-refractivity contribution in [2.75, 3.05) is 18.5 Å². The Balaban J connectivity index is 1.55. The van der Waals surface area contributed by atoms with E-state index < -0.39 is 6.04 Å². The molecule has 1 aliphatic rings. The molecule has 0 saturated heterocycles. The van der Waals surface area contributed by atoms with E-state index in [-0.39, 0.29) is 11.8 Å². The lowest BCUT2D eigenvalue weighted by Gasteiger charge is -2.22. The second-order valence-electron chi connectivity index (χ2n) is 7.05. The third kappa shape index (κ3) is 5.24. The van der Waals surface area contributed by atoms with E-state index in [0.717, 1.165) is 5.56 Å². The number of halogens is 1.